The van der Waals surface area contributed by atoms with Gasteiger partial charge >= 0.3 is 0 Å². The van der Waals surface area contributed by atoms with E-state index in [1.54, 1.807) is 19.1 Å². The molecule has 0 bridgehead atoms. The summed E-state index contributed by atoms with van der Waals surface area (Å²) in [5, 5.41) is 9.24. The van der Waals surface area contributed by atoms with Crippen molar-refractivity contribution in [2.75, 3.05) is 0 Å². The summed E-state index contributed by atoms with van der Waals surface area (Å²) < 4.78 is 23.2. The SMILES string of the molecule is CC(O)c1ccc(Oc2ccc(F)cc2)o1. The summed E-state index contributed by atoms with van der Waals surface area (Å²) in [4.78, 5) is 0. The van der Waals surface area contributed by atoms with Crippen LogP contribution in [-0.4, -0.2) is 5.11 Å². The van der Waals surface area contributed by atoms with Gasteiger partial charge in [0.05, 0.1) is 0 Å². The maximum atomic E-state index is 12.6. The lowest BCUT2D eigenvalue weighted by Gasteiger charge is -2.02. The van der Waals surface area contributed by atoms with Crippen LogP contribution in [0.15, 0.2) is 40.8 Å². The Balaban J connectivity index is 2.11. The molecule has 1 N–H and O–H groups in total. The van der Waals surface area contributed by atoms with E-state index in [1.165, 1.54) is 24.3 Å². The largest absolute Gasteiger partial charge is 0.428 e. The number of ether oxygens (including phenoxy) is 1. The molecule has 0 fully saturated rings. The van der Waals surface area contributed by atoms with Crippen LogP contribution in [0.1, 0.15) is 18.8 Å². The van der Waals surface area contributed by atoms with Gasteiger partial charge in [-0.1, -0.05) is 0 Å². The van der Waals surface area contributed by atoms with Crippen LogP contribution in [0.25, 0.3) is 0 Å². The number of hydrogen-bond acceptors (Lipinski definition) is 3. The number of rotatable bonds is 3. The van der Waals surface area contributed by atoms with Gasteiger partial charge in [-0.05, 0) is 37.3 Å². The Bertz CT molecular complexity index is 459. The molecule has 3 nitrogen and oxygen atoms in total. The van der Waals surface area contributed by atoms with E-state index in [4.69, 9.17) is 9.15 Å². The van der Waals surface area contributed by atoms with Gasteiger partial charge in [0.15, 0.2) is 0 Å². The predicted octanol–water partition coefficient (Wildman–Crippen LogP) is 3.26. The fraction of sp³-hybridized carbons (Fsp3) is 0.167. The lowest BCUT2D eigenvalue weighted by molar-refractivity contribution is 0.162. The molecule has 0 spiro atoms. The second-order valence-corrected chi connectivity index (χ2v) is 3.39. The molecule has 1 unspecified atom stereocenters. The first-order valence-corrected chi connectivity index (χ1v) is 4.86. The third kappa shape index (κ3) is 2.41. The van der Waals surface area contributed by atoms with Crippen molar-refractivity contribution >= 4 is 0 Å². The molecular weight excluding hydrogens is 211 g/mol. The zero-order valence-electron chi connectivity index (χ0n) is 8.68. The molecule has 2 aromatic rings. The van der Waals surface area contributed by atoms with Crippen LogP contribution in [0.3, 0.4) is 0 Å². The average Bonchev–Trinajstić information content (AvgIpc) is 2.70. The van der Waals surface area contributed by atoms with Crippen LogP contribution in [0.2, 0.25) is 0 Å². The smallest absolute Gasteiger partial charge is 0.290 e. The first kappa shape index (κ1) is 10.7. The van der Waals surface area contributed by atoms with Gasteiger partial charge in [0, 0.05) is 6.07 Å². The first-order chi connectivity index (χ1) is 7.65. The van der Waals surface area contributed by atoms with Crippen LogP contribution in [-0.2, 0) is 0 Å². The van der Waals surface area contributed by atoms with Gasteiger partial charge in [0.2, 0.25) is 0 Å². The number of halogens is 1. The van der Waals surface area contributed by atoms with E-state index in [1.807, 2.05) is 0 Å². The van der Waals surface area contributed by atoms with Crippen molar-refractivity contribution in [3.05, 3.63) is 48.0 Å². The maximum Gasteiger partial charge on any atom is 0.290 e. The highest BCUT2D eigenvalue weighted by Crippen LogP contribution is 2.26. The molecule has 84 valence electrons. The first-order valence-electron chi connectivity index (χ1n) is 4.86. The molecule has 1 aromatic carbocycles. The quantitative estimate of drug-likeness (QED) is 0.866. The van der Waals surface area contributed by atoms with Crippen molar-refractivity contribution in [2.45, 2.75) is 13.0 Å². The summed E-state index contributed by atoms with van der Waals surface area (Å²) in [6.07, 6.45) is -0.675. The third-order valence-corrected chi connectivity index (χ3v) is 2.05. The molecule has 0 saturated heterocycles. The minimum atomic E-state index is -0.675. The van der Waals surface area contributed by atoms with Gasteiger partial charge in [-0.15, -0.1) is 0 Å². The molecular formula is C12H11FO3. The number of aliphatic hydroxyl groups is 1. The second-order valence-electron chi connectivity index (χ2n) is 3.39. The van der Waals surface area contributed by atoms with Crippen molar-refractivity contribution < 1.29 is 18.7 Å². The van der Waals surface area contributed by atoms with Gasteiger partial charge in [-0.3, -0.25) is 0 Å². The zero-order chi connectivity index (χ0) is 11.5. The van der Waals surface area contributed by atoms with Crippen LogP contribution in [0.5, 0.6) is 11.7 Å². The van der Waals surface area contributed by atoms with Crippen molar-refractivity contribution in [1.29, 1.82) is 0 Å². The molecule has 0 saturated carbocycles. The van der Waals surface area contributed by atoms with Crippen LogP contribution in [0, 0.1) is 5.82 Å². The third-order valence-electron chi connectivity index (χ3n) is 2.05. The molecule has 1 aromatic heterocycles. The number of benzene rings is 1. The minimum Gasteiger partial charge on any atom is -0.428 e. The molecule has 0 aliphatic rings. The Morgan fingerprint density at radius 3 is 2.44 bits per heavy atom. The van der Waals surface area contributed by atoms with Crippen molar-refractivity contribution in [3.8, 4) is 11.7 Å². The van der Waals surface area contributed by atoms with Gasteiger partial charge in [-0.2, -0.15) is 0 Å². The molecule has 16 heavy (non-hydrogen) atoms. The van der Waals surface area contributed by atoms with E-state index in [-0.39, 0.29) is 11.8 Å². The van der Waals surface area contributed by atoms with Gasteiger partial charge in [0.25, 0.3) is 5.95 Å². The fourth-order valence-corrected chi connectivity index (χ4v) is 1.23. The minimum absolute atomic E-state index is 0.266. The normalized spacial score (nSPS) is 12.4. The van der Waals surface area contributed by atoms with E-state index in [0.717, 1.165) is 0 Å². The highest BCUT2D eigenvalue weighted by Gasteiger charge is 2.08. The van der Waals surface area contributed by atoms with E-state index in [9.17, 15) is 9.50 Å². The summed E-state index contributed by atoms with van der Waals surface area (Å²) in [7, 11) is 0. The van der Waals surface area contributed by atoms with Gasteiger partial charge < -0.3 is 14.3 Å². The van der Waals surface area contributed by atoms with E-state index < -0.39 is 6.10 Å². The van der Waals surface area contributed by atoms with Gasteiger partial charge in [0.1, 0.15) is 23.4 Å². The Morgan fingerprint density at radius 2 is 1.88 bits per heavy atom. The number of hydrogen-bond donors (Lipinski definition) is 1. The molecule has 0 amide bonds. The molecule has 0 aliphatic carbocycles. The molecule has 1 heterocycles. The zero-order valence-corrected chi connectivity index (χ0v) is 8.68. The fourth-order valence-electron chi connectivity index (χ4n) is 1.23. The standard InChI is InChI=1S/C12H11FO3/c1-8(14)11-6-7-12(16-11)15-10-4-2-9(13)3-5-10/h2-8,14H,1H3. The summed E-state index contributed by atoms with van der Waals surface area (Å²) in [6.45, 7) is 1.60. The lowest BCUT2D eigenvalue weighted by Crippen LogP contribution is -1.86. The van der Waals surface area contributed by atoms with Crippen LogP contribution >= 0.6 is 0 Å². The van der Waals surface area contributed by atoms with Crippen molar-refractivity contribution in [2.24, 2.45) is 0 Å². The summed E-state index contributed by atoms with van der Waals surface area (Å²) in [6, 6.07) is 8.83. The molecule has 0 aliphatic heterocycles. The number of furan rings is 1. The Morgan fingerprint density at radius 1 is 1.19 bits per heavy atom. The highest BCUT2D eigenvalue weighted by atomic mass is 19.1. The second kappa shape index (κ2) is 4.37. The Labute approximate surface area is 92.1 Å². The molecule has 0 radical (unpaired) electrons. The average molecular weight is 222 g/mol. The van der Waals surface area contributed by atoms with E-state index in [2.05, 4.69) is 0 Å². The number of aliphatic hydroxyl groups excluding tert-OH is 1. The Kier molecular flexibility index (Phi) is 2.92. The molecule has 4 heteroatoms. The maximum absolute atomic E-state index is 12.6. The highest BCUT2D eigenvalue weighted by molar-refractivity contribution is 5.26. The lowest BCUT2D eigenvalue weighted by atomic mass is 10.3. The van der Waals surface area contributed by atoms with Gasteiger partial charge in [-0.25, -0.2) is 4.39 Å². The monoisotopic (exact) mass is 222 g/mol. The summed E-state index contributed by atoms with van der Waals surface area (Å²) >= 11 is 0. The van der Waals surface area contributed by atoms with Crippen molar-refractivity contribution in [1.82, 2.24) is 0 Å². The molecule has 1 atom stereocenters. The predicted molar refractivity (Wildman–Crippen MR) is 55.8 cm³/mol. The van der Waals surface area contributed by atoms with Crippen LogP contribution < -0.4 is 4.74 Å². The Hall–Kier alpha value is -1.81. The van der Waals surface area contributed by atoms with Crippen molar-refractivity contribution in [3.63, 3.8) is 0 Å². The van der Waals surface area contributed by atoms with E-state index >= 15 is 0 Å². The summed E-state index contributed by atoms with van der Waals surface area (Å²) in [5.74, 6) is 0.851. The molecule has 2 rings (SSSR count). The van der Waals surface area contributed by atoms with Crippen LogP contribution in [0.4, 0.5) is 4.39 Å². The summed E-state index contributed by atoms with van der Waals surface area (Å²) in [5.41, 5.74) is 0. The van der Waals surface area contributed by atoms with E-state index in [0.29, 0.717) is 11.5 Å². The topological polar surface area (TPSA) is 42.6 Å².